The number of benzene rings is 2. The highest BCUT2D eigenvalue weighted by atomic mass is 32.2. The fraction of sp³-hybridized carbons (Fsp3) is 0.438. The van der Waals surface area contributed by atoms with Crippen LogP contribution >= 0.6 is 0 Å². The third kappa shape index (κ3) is 8.80. The quantitative estimate of drug-likeness (QED) is 0.289. The summed E-state index contributed by atoms with van der Waals surface area (Å²) in [5, 5.41) is 2.82. The molecule has 3 rings (SSSR count). The van der Waals surface area contributed by atoms with Crippen LogP contribution in [-0.4, -0.2) is 57.7 Å². The van der Waals surface area contributed by atoms with Crippen LogP contribution in [-0.2, 0) is 24.8 Å². The van der Waals surface area contributed by atoms with Crippen LogP contribution < -0.4 is 10.2 Å². The average Bonchev–Trinajstić information content (AvgIpc) is 2.90. The Bertz CT molecular complexity index is 1370. The minimum Gasteiger partial charge on any atom is -0.374 e. The van der Waals surface area contributed by atoms with Crippen molar-refractivity contribution in [2.45, 2.75) is 58.7 Å². The maximum Gasteiger partial charge on any atom is 0.250 e. The van der Waals surface area contributed by atoms with Crippen molar-refractivity contribution in [3.63, 3.8) is 0 Å². The van der Waals surface area contributed by atoms with E-state index in [1.54, 1.807) is 6.08 Å². The maximum absolute atomic E-state index is 12.7. The number of hydrogen-bond donors (Lipinski definition) is 1. The van der Waals surface area contributed by atoms with Crippen LogP contribution in [0.5, 0.6) is 0 Å². The van der Waals surface area contributed by atoms with Crippen LogP contribution in [0.4, 0.5) is 5.69 Å². The molecule has 0 aromatic heterocycles. The zero-order valence-corrected chi connectivity index (χ0v) is 25.1. The zero-order valence-electron chi connectivity index (χ0n) is 24.2. The molecule has 1 N–H and O–H groups in total. The van der Waals surface area contributed by atoms with E-state index in [4.69, 9.17) is 11.3 Å². The summed E-state index contributed by atoms with van der Waals surface area (Å²) in [6.45, 7) is 23.1. The van der Waals surface area contributed by atoms with Gasteiger partial charge in [-0.15, -0.1) is 0 Å². The molecule has 8 heteroatoms. The third-order valence-corrected chi connectivity index (χ3v) is 8.82. The number of allylic oxidation sites excluding steroid dienone is 1. The van der Waals surface area contributed by atoms with Gasteiger partial charge in [-0.25, -0.2) is 13.3 Å². The summed E-state index contributed by atoms with van der Waals surface area (Å²) in [5.74, 6) is -0.141. The molecular weight excluding hydrogens is 522 g/mol. The number of carbonyl (C=O) groups is 1. The molecule has 1 heterocycles. The van der Waals surface area contributed by atoms with Crippen LogP contribution in [0.1, 0.15) is 57.7 Å². The van der Waals surface area contributed by atoms with Crippen molar-refractivity contribution in [3.8, 4) is 0 Å². The number of anilines is 1. The molecule has 0 radical (unpaired) electrons. The molecule has 0 bridgehead atoms. The Hall–Kier alpha value is -3.41. The first-order chi connectivity index (χ1) is 18.8. The summed E-state index contributed by atoms with van der Waals surface area (Å²) in [5.41, 5.74) is 4.94. The standard InChI is InChI=1S/C32H41N3O4S/c1-23(2)27-9-8-10-28(20-27)32(5,6)21-24(3)39-25(4)22-34-31(36)30(33-7)19-26-11-13-29(14-12-26)35-15-17-40(37,38)18-16-35/h8-14,19-20,24-25H,1,15-18,21-22H2,2-6H3,(H,34,36)/b30-19-. The lowest BCUT2D eigenvalue weighted by Gasteiger charge is -2.30. The van der Waals surface area contributed by atoms with E-state index in [-0.39, 0.29) is 34.8 Å². The number of nitrogens with one attached hydrogen (secondary N) is 1. The molecule has 214 valence electrons. The van der Waals surface area contributed by atoms with Crippen LogP contribution in [0, 0.1) is 6.57 Å². The molecule has 2 aromatic carbocycles. The topological polar surface area (TPSA) is 80.1 Å². The Morgan fingerprint density at radius 3 is 2.40 bits per heavy atom. The van der Waals surface area contributed by atoms with Crippen LogP contribution in [0.2, 0.25) is 0 Å². The maximum atomic E-state index is 12.7. The Morgan fingerprint density at radius 1 is 1.15 bits per heavy atom. The molecule has 2 unspecified atom stereocenters. The predicted octanol–water partition coefficient (Wildman–Crippen LogP) is 5.49. The molecule has 0 aliphatic carbocycles. The van der Waals surface area contributed by atoms with Gasteiger partial charge in [0.1, 0.15) is 0 Å². The number of amides is 1. The summed E-state index contributed by atoms with van der Waals surface area (Å²) in [6.07, 6.45) is 2.10. The minimum absolute atomic E-state index is 0.00408. The molecule has 1 aliphatic heterocycles. The van der Waals surface area contributed by atoms with Crippen molar-refractivity contribution in [1.29, 1.82) is 0 Å². The second-order valence-electron chi connectivity index (χ2n) is 11.3. The number of rotatable bonds is 11. The van der Waals surface area contributed by atoms with E-state index in [1.807, 2.05) is 49.9 Å². The summed E-state index contributed by atoms with van der Waals surface area (Å²) in [6, 6.07) is 15.9. The van der Waals surface area contributed by atoms with Gasteiger partial charge < -0.3 is 15.0 Å². The van der Waals surface area contributed by atoms with E-state index in [2.05, 4.69) is 54.9 Å². The van der Waals surface area contributed by atoms with E-state index < -0.39 is 15.7 Å². The minimum atomic E-state index is -2.94. The van der Waals surface area contributed by atoms with Gasteiger partial charge in [0.2, 0.25) is 5.91 Å². The van der Waals surface area contributed by atoms with Crippen LogP contribution in [0.3, 0.4) is 0 Å². The van der Waals surface area contributed by atoms with Gasteiger partial charge in [-0.1, -0.05) is 62.4 Å². The summed E-state index contributed by atoms with van der Waals surface area (Å²) >= 11 is 0. The van der Waals surface area contributed by atoms with Gasteiger partial charge in [0.05, 0.1) is 30.3 Å². The predicted molar refractivity (Wildman–Crippen MR) is 164 cm³/mol. The van der Waals surface area contributed by atoms with Gasteiger partial charge in [0.25, 0.3) is 5.70 Å². The lowest BCUT2D eigenvalue weighted by Crippen LogP contribution is -2.40. The highest BCUT2D eigenvalue weighted by Gasteiger charge is 2.25. The Balaban J connectivity index is 1.52. The van der Waals surface area contributed by atoms with Crippen molar-refractivity contribution < 1.29 is 17.9 Å². The van der Waals surface area contributed by atoms with Gasteiger partial charge >= 0.3 is 0 Å². The van der Waals surface area contributed by atoms with E-state index in [9.17, 15) is 13.2 Å². The summed E-state index contributed by atoms with van der Waals surface area (Å²) in [4.78, 5) is 18.2. The number of nitrogens with zero attached hydrogens (tertiary/aromatic N) is 2. The van der Waals surface area contributed by atoms with Crippen LogP contribution in [0.15, 0.2) is 60.8 Å². The number of carbonyl (C=O) groups excluding carboxylic acids is 1. The lowest BCUT2D eigenvalue weighted by atomic mass is 9.79. The second kappa shape index (κ2) is 13.3. The van der Waals surface area contributed by atoms with Crippen molar-refractivity contribution in [2.24, 2.45) is 0 Å². The van der Waals surface area contributed by atoms with Gasteiger partial charge in [-0.2, -0.15) is 0 Å². The van der Waals surface area contributed by atoms with Crippen LogP contribution in [0.25, 0.3) is 16.5 Å². The molecular formula is C32H41N3O4S. The Kier molecular flexibility index (Phi) is 10.3. The number of hydrogen-bond acceptors (Lipinski definition) is 5. The van der Waals surface area contributed by atoms with Crippen molar-refractivity contribution >= 4 is 33.1 Å². The van der Waals surface area contributed by atoms with Gasteiger partial charge in [0, 0.05) is 25.3 Å². The van der Waals surface area contributed by atoms with E-state index in [0.717, 1.165) is 28.8 Å². The first-order valence-corrected chi connectivity index (χ1v) is 15.5. The summed E-state index contributed by atoms with van der Waals surface area (Å²) in [7, 11) is -2.94. The zero-order chi connectivity index (χ0) is 29.5. The highest BCUT2D eigenvalue weighted by Crippen LogP contribution is 2.31. The van der Waals surface area contributed by atoms with E-state index in [0.29, 0.717) is 19.6 Å². The second-order valence-corrected chi connectivity index (χ2v) is 13.6. The number of sulfone groups is 1. The number of ether oxygens (including phenoxy) is 1. The first kappa shape index (κ1) is 31.1. The van der Waals surface area contributed by atoms with E-state index in [1.165, 1.54) is 5.56 Å². The molecule has 2 aromatic rings. The highest BCUT2D eigenvalue weighted by molar-refractivity contribution is 7.91. The van der Waals surface area contributed by atoms with Crippen molar-refractivity contribution in [3.05, 3.63) is 88.9 Å². The van der Waals surface area contributed by atoms with Gasteiger partial charge in [-0.3, -0.25) is 4.79 Å². The largest absolute Gasteiger partial charge is 0.374 e. The molecule has 1 aliphatic rings. The van der Waals surface area contributed by atoms with Crippen molar-refractivity contribution in [2.75, 3.05) is 36.0 Å². The molecule has 1 fully saturated rings. The SMILES string of the molecule is [C-]#[N+]/C(=C\c1ccc(N2CCS(=O)(=O)CC2)cc1)C(=O)NCC(C)OC(C)CC(C)(C)c1cccc(C(=C)C)c1. The normalized spacial score (nSPS) is 17.0. The Labute approximate surface area is 239 Å². The monoisotopic (exact) mass is 563 g/mol. The smallest absolute Gasteiger partial charge is 0.250 e. The van der Waals surface area contributed by atoms with Gasteiger partial charge in [0.15, 0.2) is 9.84 Å². The molecule has 1 amide bonds. The Morgan fingerprint density at radius 2 is 1.80 bits per heavy atom. The average molecular weight is 564 g/mol. The van der Waals surface area contributed by atoms with Crippen molar-refractivity contribution in [1.82, 2.24) is 5.32 Å². The fourth-order valence-corrected chi connectivity index (χ4v) is 6.12. The molecule has 0 saturated carbocycles. The molecule has 40 heavy (non-hydrogen) atoms. The third-order valence-electron chi connectivity index (χ3n) is 7.21. The molecule has 7 nitrogen and oxygen atoms in total. The molecule has 1 saturated heterocycles. The molecule has 0 spiro atoms. The fourth-order valence-electron chi connectivity index (χ4n) is 4.92. The van der Waals surface area contributed by atoms with Gasteiger partial charge in [-0.05, 0) is 67.5 Å². The lowest BCUT2D eigenvalue weighted by molar-refractivity contribution is -0.118. The summed E-state index contributed by atoms with van der Waals surface area (Å²) < 4.78 is 29.5. The molecule has 2 atom stereocenters. The first-order valence-electron chi connectivity index (χ1n) is 13.6. The van der Waals surface area contributed by atoms with E-state index >= 15 is 0 Å².